The van der Waals surface area contributed by atoms with Gasteiger partial charge in [0.15, 0.2) is 5.78 Å². The molecule has 182 valence electrons. The average molecular weight is 460 g/mol. The summed E-state index contributed by atoms with van der Waals surface area (Å²) in [5.41, 5.74) is 0.148. The summed E-state index contributed by atoms with van der Waals surface area (Å²) >= 11 is 0. The minimum absolute atomic E-state index is 0.00413. The van der Waals surface area contributed by atoms with Gasteiger partial charge in [0.25, 0.3) is 0 Å². The third-order valence-electron chi connectivity index (χ3n) is 6.09. The molecule has 1 aromatic carbocycles. The number of nitrogens with one attached hydrogen (secondary N) is 1. The fraction of sp³-hybridized carbons (Fsp3) is 0.615. The molecule has 1 amide bonds. The van der Waals surface area contributed by atoms with Gasteiger partial charge in [0.1, 0.15) is 0 Å². The molecule has 1 N–H and O–H groups in total. The fourth-order valence-corrected chi connectivity index (χ4v) is 4.50. The summed E-state index contributed by atoms with van der Waals surface area (Å²) in [7, 11) is 0. The van der Waals surface area contributed by atoms with Crippen molar-refractivity contribution >= 4 is 23.6 Å². The van der Waals surface area contributed by atoms with Crippen LogP contribution in [0, 0.1) is 5.92 Å². The van der Waals surface area contributed by atoms with Crippen LogP contribution in [0.3, 0.4) is 0 Å². The highest BCUT2D eigenvalue weighted by atomic mass is 16.6. The van der Waals surface area contributed by atoms with E-state index in [2.05, 4.69) is 12.2 Å². The molecule has 0 aromatic heterocycles. The zero-order valence-corrected chi connectivity index (χ0v) is 20.3. The maximum absolute atomic E-state index is 13.3. The third kappa shape index (κ3) is 6.21. The number of aryl methyl sites for hydroxylation is 1. The van der Waals surface area contributed by atoms with Gasteiger partial charge in [-0.2, -0.15) is 0 Å². The van der Waals surface area contributed by atoms with E-state index in [1.165, 1.54) is 32.6 Å². The van der Waals surface area contributed by atoms with Crippen LogP contribution in [0.5, 0.6) is 0 Å². The average Bonchev–Trinajstić information content (AvgIpc) is 3.10. The van der Waals surface area contributed by atoms with Gasteiger partial charge < -0.3 is 14.8 Å². The van der Waals surface area contributed by atoms with Crippen molar-refractivity contribution in [3.05, 3.63) is 34.9 Å². The van der Waals surface area contributed by atoms with Crippen molar-refractivity contribution in [1.82, 2.24) is 5.32 Å². The number of amides is 1. The van der Waals surface area contributed by atoms with Crippen molar-refractivity contribution in [2.45, 2.75) is 84.6 Å². The Morgan fingerprint density at radius 1 is 0.970 bits per heavy atom. The molecular weight excluding hydrogens is 422 g/mol. The Hall–Kier alpha value is -2.70. The highest BCUT2D eigenvalue weighted by molar-refractivity contribution is 6.16. The molecule has 0 bridgehead atoms. The molecule has 1 unspecified atom stereocenters. The SMILES string of the molecule is CCCCCCCCc1ccc2c(c1)CC(C(NC(C)=O)(C(=O)OCC)C(=O)OCC)C2=O. The van der Waals surface area contributed by atoms with Gasteiger partial charge in [0, 0.05) is 12.5 Å². The number of esters is 2. The van der Waals surface area contributed by atoms with E-state index in [1.807, 2.05) is 12.1 Å². The standard InChI is InChI=1S/C26H37NO6/c1-5-8-9-10-11-12-13-19-14-15-21-20(16-19)17-22(23(21)29)26(27-18(4)28,24(30)32-6-2)25(31)33-7-3/h14-16,22H,5-13,17H2,1-4H3,(H,27,28). The van der Waals surface area contributed by atoms with Crippen LogP contribution >= 0.6 is 0 Å². The molecular formula is C26H37NO6. The first kappa shape index (κ1) is 26.6. The summed E-state index contributed by atoms with van der Waals surface area (Å²) in [6.07, 6.45) is 8.25. The number of hydrogen-bond acceptors (Lipinski definition) is 6. The minimum atomic E-state index is -2.21. The zero-order chi connectivity index (χ0) is 24.4. The molecule has 0 saturated carbocycles. The zero-order valence-electron chi connectivity index (χ0n) is 20.3. The number of Topliss-reactive ketones (excluding diaryl/α,β-unsaturated/α-hetero) is 1. The highest BCUT2D eigenvalue weighted by Gasteiger charge is 2.60. The van der Waals surface area contributed by atoms with E-state index in [4.69, 9.17) is 9.47 Å². The lowest BCUT2D eigenvalue weighted by Gasteiger charge is -2.33. The van der Waals surface area contributed by atoms with Crippen LogP contribution in [0.15, 0.2) is 18.2 Å². The number of ether oxygens (including phenoxy) is 2. The molecule has 1 aliphatic carbocycles. The summed E-state index contributed by atoms with van der Waals surface area (Å²) in [4.78, 5) is 51.4. The van der Waals surface area contributed by atoms with E-state index >= 15 is 0 Å². The van der Waals surface area contributed by atoms with Gasteiger partial charge in [-0.1, -0.05) is 57.2 Å². The molecule has 0 saturated heterocycles. The predicted octanol–water partition coefficient (Wildman–Crippen LogP) is 3.95. The van der Waals surface area contributed by atoms with E-state index < -0.39 is 29.3 Å². The number of fused-ring (bicyclic) bond motifs is 1. The maximum atomic E-state index is 13.3. The monoisotopic (exact) mass is 459 g/mol. The Labute approximate surface area is 196 Å². The highest BCUT2D eigenvalue weighted by Crippen LogP contribution is 2.36. The van der Waals surface area contributed by atoms with Crippen LogP contribution in [0.4, 0.5) is 0 Å². The normalized spacial score (nSPS) is 15.2. The number of carbonyl (C=O) groups is 4. The van der Waals surface area contributed by atoms with E-state index in [0.717, 1.165) is 30.4 Å². The van der Waals surface area contributed by atoms with Crippen LogP contribution in [-0.4, -0.2) is 42.4 Å². The minimum Gasteiger partial charge on any atom is -0.464 e. The second-order valence-electron chi connectivity index (χ2n) is 8.56. The number of ketones is 1. The van der Waals surface area contributed by atoms with E-state index in [9.17, 15) is 19.2 Å². The number of benzene rings is 1. The number of carbonyl (C=O) groups excluding carboxylic acids is 4. The van der Waals surface area contributed by atoms with Gasteiger partial charge in [-0.15, -0.1) is 0 Å². The Balaban J connectivity index is 2.29. The fourth-order valence-electron chi connectivity index (χ4n) is 4.50. The molecule has 1 aliphatic rings. The van der Waals surface area contributed by atoms with E-state index in [1.54, 1.807) is 19.9 Å². The van der Waals surface area contributed by atoms with Crippen molar-refractivity contribution in [1.29, 1.82) is 0 Å². The Kier molecular flexibility index (Phi) is 10.1. The van der Waals surface area contributed by atoms with Crippen molar-refractivity contribution in [2.24, 2.45) is 5.92 Å². The summed E-state index contributed by atoms with van der Waals surface area (Å²) in [5, 5.41) is 2.43. The molecule has 0 heterocycles. The lowest BCUT2D eigenvalue weighted by molar-refractivity contribution is -0.170. The van der Waals surface area contributed by atoms with Crippen molar-refractivity contribution in [3.8, 4) is 0 Å². The van der Waals surface area contributed by atoms with Gasteiger partial charge in [-0.05, 0) is 44.2 Å². The van der Waals surface area contributed by atoms with Crippen molar-refractivity contribution in [3.63, 3.8) is 0 Å². The number of rotatable bonds is 13. The summed E-state index contributed by atoms with van der Waals surface area (Å²) in [5.74, 6) is -4.07. The van der Waals surface area contributed by atoms with E-state index in [-0.39, 0.29) is 25.4 Å². The third-order valence-corrected chi connectivity index (χ3v) is 6.09. The van der Waals surface area contributed by atoms with Crippen LogP contribution in [0.2, 0.25) is 0 Å². The maximum Gasteiger partial charge on any atom is 0.344 e. The van der Waals surface area contributed by atoms with Crippen LogP contribution in [0.1, 0.15) is 87.7 Å². The van der Waals surface area contributed by atoms with Gasteiger partial charge in [0.2, 0.25) is 11.4 Å². The smallest absolute Gasteiger partial charge is 0.344 e. The van der Waals surface area contributed by atoms with Crippen LogP contribution < -0.4 is 5.32 Å². The van der Waals surface area contributed by atoms with Gasteiger partial charge >= 0.3 is 11.9 Å². The first-order chi connectivity index (χ1) is 15.8. The quantitative estimate of drug-likeness (QED) is 0.272. The topological polar surface area (TPSA) is 98.8 Å². The summed E-state index contributed by atoms with van der Waals surface area (Å²) in [6.45, 7) is 6.58. The van der Waals surface area contributed by atoms with Crippen LogP contribution in [0.25, 0.3) is 0 Å². The Morgan fingerprint density at radius 3 is 2.15 bits per heavy atom. The molecule has 0 fully saturated rings. The molecule has 7 nitrogen and oxygen atoms in total. The van der Waals surface area contributed by atoms with Crippen LogP contribution in [-0.2, 0) is 36.7 Å². The Morgan fingerprint density at radius 2 is 1.58 bits per heavy atom. The van der Waals surface area contributed by atoms with E-state index in [0.29, 0.717) is 5.56 Å². The summed E-state index contributed by atoms with van der Waals surface area (Å²) in [6, 6.07) is 5.67. The first-order valence-corrected chi connectivity index (χ1v) is 12.1. The molecule has 0 spiro atoms. The lowest BCUT2D eigenvalue weighted by atomic mass is 9.80. The predicted molar refractivity (Wildman–Crippen MR) is 125 cm³/mol. The van der Waals surface area contributed by atoms with Crippen molar-refractivity contribution < 1.29 is 28.7 Å². The molecule has 33 heavy (non-hydrogen) atoms. The van der Waals surface area contributed by atoms with Gasteiger partial charge in [-0.25, -0.2) is 9.59 Å². The molecule has 1 aromatic rings. The van der Waals surface area contributed by atoms with Crippen molar-refractivity contribution in [2.75, 3.05) is 13.2 Å². The molecule has 1 atom stereocenters. The first-order valence-electron chi connectivity index (χ1n) is 12.1. The second-order valence-corrected chi connectivity index (χ2v) is 8.56. The molecule has 0 aliphatic heterocycles. The largest absolute Gasteiger partial charge is 0.464 e. The second kappa shape index (κ2) is 12.5. The molecule has 7 heteroatoms. The van der Waals surface area contributed by atoms with Gasteiger partial charge in [-0.3, -0.25) is 9.59 Å². The van der Waals surface area contributed by atoms with Gasteiger partial charge in [0.05, 0.1) is 19.1 Å². The number of hydrogen-bond donors (Lipinski definition) is 1. The summed E-state index contributed by atoms with van der Waals surface area (Å²) < 4.78 is 10.3. The number of unbranched alkanes of at least 4 members (excludes halogenated alkanes) is 5. The Bertz CT molecular complexity index is 844. The molecule has 2 rings (SSSR count). The lowest BCUT2D eigenvalue weighted by Crippen LogP contribution is -2.66. The molecule has 0 radical (unpaired) electrons.